The third kappa shape index (κ3) is 4.45. The lowest BCUT2D eigenvalue weighted by Gasteiger charge is -2.05. The Balaban J connectivity index is 2.10. The lowest BCUT2D eigenvalue weighted by atomic mass is 10.2. The van der Waals surface area contributed by atoms with Gasteiger partial charge in [-0.15, -0.1) is 5.10 Å². The number of thioether (sulfide) groups is 1. The number of phenols is 1. The topological polar surface area (TPSA) is 121 Å². The van der Waals surface area contributed by atoms with Crippen molar-refractivity contribution < 1.29 is 24.5 Å². The van der Waals surface area contributed by atoms with Crippen LogP contribution in [0.5, 0.6) is 11.5 Å². The lowest BCUT2D eigenvalue weighted by molar-refractivity contribution is -0.138. The van der Waals surface area contributed by atoms with E-state index < -0.39 is 17.1 Å². The molecule has 122 valence electrons. The van der Waals surface area contributed by atoms with E-state index in [1.165, 1.54) is 19.4 Å². The number of benzene rings is 1. The highest BCUT2D eigenvalue weighted by Crippen LogP contribution is 2.31. The Hall–Kier alpha value is -2.07. The number of hydrogen-bond donors (Lipinski definition) is 3. The van der Waals surface area contributed by atoms with Gasteiger partial charge in [0.05, 0.1) is 24.2 Å². The van der Waals surface area contributed by atoms with Crippen molar-refractivity contribution in [3.05, 3.63) is 22.2 Å². The van der Waals surface area contributed by atoms with Crippen LogP contribution in [0.2, 0.25) is 0 Å². The first kappa shape index (κ1) is 17.3. The number of carboxylic acids is 1. The monoisotopic (exact) mass is 401 g/mol. The van der Waals surface area contributed by atoms with Gasteiger partial charge in [0.25, 0.3) is 0 Å². The molecule has 0 aliphatic carbocycles. The normalized spacial score (nSPS) is 19.3. The Morgan fingerprint density at radius 3 is 2.96 bits per heavy atom. The van der Waals surface area contributed by atoms with Gasteiger partial charge in [-0.25, -0.2) is 0 Å². The first-order valence-corrected chi connectivity index (χ1v) is 7.94. The van der Waals surface area contributed by atoms with Crippen molar-refractivity contribution in [1.82, 2.24) is 5.32 Å². The second-order valence-electron chi connectivity index (χ2n) is 4.39. The lowest BCUT2D eigenvalue weighted by Crippen LogP contribution is -2.26. The highest BCUT2D eigenvalue weighted by Gasteiger charge is 2.32. The number of carbonyl (C=O) groups excluding carboxylic acids is 1. The molecule has 1 aromatic rings. The number of nitrogens with one attached hydrogen (secondary N) is 1. The summed E-state index contributed by atoms with van der Waals surface area (Å²) in [5, 5.41) is 28.0. The molecule has 1 amide bonds. The molecule has 1 aliphatic heterocycles. The van der Waals surface area contributed by atoms with Gasteiger partial charge in [0.1, 0.15) is 16.7 Å². The second kappa shape index (κ2) is 7.47. The van der Waals surface area contributed by atoms with Crippen LogP contribution < -0.4 is 10.1 Å². The summed E-state index contributed by atoms with van der Waals surface area (Å²) in [5.74, 6) is -0.982. The largest absolute Gasteiger partial charge is 0.507 e. The average Bonchev–Trinajstić information content (AvgIpc) is 2.80. The number of amides is 1. The maximum atomic E-state index is 11.5. The van der Waals surface area contributed by atoms with Crippen molar-refractivity contribution in [1.29, 1.82) is 0 Å². The van der Waals surface area contributed by atoms with Gasteiger partial charge in [-0.05, 0) is 28.1 Å². The zero-order chi connectivity index (χ0) is 17.0. The summed E-state index contributed by atoms with van der Waals surface area (Å²) < 4.78 is 5.71. The highest BCUT2D eigenvalue weighted by molar-refractivity contribution is 9.10. The average molecular weight is 402 g/mol. The molecule has 0 bridgehead atoms. The smallest absolute Gasteiger partial charge is 0.305 e. The van der Waals surface area contributed by atoms with Gasteiger partial charge in [-0.1, -0.05) is 11.8 Å². The molecule has 1 aliphatic rings. The molecular formula is C13H12BrN3O5S. The number of nitrogens with zero attached hydrogens (tertiary/aromatic N) is 2. The van der Waals surface area contributed by atoms with E-state index in [-0.39, 0.29) is 17.3 Å². The first-order valence-electron chi connectivity index (χ1n) is 6.27. The molecule has 8 nitrogen and oxygen atoms in total. The Labute approximate surface area is 143 Å². The standard InChI is InChI=1S/C13H12BrN3O5S/c1-22-9-2-6(8(18)3-7(9)14)5-15-17-13-16-12(21)10(23-13)4-11(19)20/h2-3,5,10,18H,4H2,1H3,(H,19,20)(H,16,17,21). The molecule has 0 aromatic heterocycles. The molecule has 0 radical (unpaired) electrons. The van der Waals surface area contributed by atoms with Crippen LogP contribution in [0.15, 0.2) is 26.8 Å². The van der Waals surface area contributed by atoms with Crippen LogP contribution in [0.25, 0.3) is 0 Å². The van der Waals surface area contributed by atoms with Gasteiger partial charge in [0.15, 0.2) is 5.17 Å². The number of methoxy groups -OCH3 is 1. The van der Waals surface area contributed by atoms with E-state index in [2.05, 4.69) is 31.4 Å². The number of halogens is 1. The second-order valence-corrected chi connectivity index (χ2v) is 6.43. The predicted octanol–water partition coefficient (Wildman–Crippen LogP) is 1.56. The zero-order valence-corrected chi connectivity index (χ0v) is 14.2. The fourth-order valence-electron chi connectivity index (χ4n) is 1.71. The van der Waals surface area contributed by atoms with Crippen molar-refractivity contribution in [2.45, 2.75) is 11.7 Å². The van der Waals surface area contributed by atoms with Crippen molar-refractivity contribution >= 4 is 51.0 Å². The van der Waals surface area contributed by atoms with Gasteiger partial charge in [0.2, 0.25) is 5.91 Å². The Morgan fingerprint density at radius 1 is 1.57 bits per heavy atom. The molecule has 1 atom stereocenters. The molecule has 2 rings (SSSR count). The predicted molar refractivity (Wildman–Crippen MR) is 89.2 cm³/mol. The van der Waals surface area contributed by atoms with E-state index in [1.807, 2.05) is 0 Å². The molecule has 1 heterocycles. The number of aromatic hydroxyl groups is 1. The molecule has 0 saturated carbocycles. The Bertz CT molecular complexity index is 707. The SMILES string of the molecule is COc1cc(C=NN=C2NC(=O)C(CC(=O)O)S2)c(O)cc1Br. The van der Waals surface area contributed by atoms with Crippen molar-refractivity contribution in [2.24, 2.45) is 10.2 Å². The number of rotatable bonds is 5. The number of aliphatic carboxylic acids is 1. The van der Waals surface area contributed by atoms with Crippen molar-refractivity contribution in [3.8, 4) is 11.5 Å². The summed E-state index contributed by atoms with van der Waals surface area (Å²) in [6.07, 6.45) is 1.01. The number of phenolic OH excluding ortho intramolecular Hbond substituents is 1. The Kier molecular flexibility index (Phi) is 5.61. The van der Waals surface area contributed by atoms with Crippen LogP contribution in [-0.2, 0) is 9.59 Å². The van der Waals surface area contributed by atoms with E-state index in [1.54, 1.807) is 6.07 Å². The maximum Gasteiger partial charge on any atom is 0.305 e. The summed E-state index contributed by atoms with van der Waals surface area (Å²) in [5.41, 5.74) is 0.380. The van der Waals surface area contributed by atoms with Crippen molar-refractivity contribution in [2.75, 3.05) is 7.11 Å². The minimum absolute atomic E-state index is 0.0199. The minimum Gasteiger partial charge on any atom is -0.507 e. The molecule has 1 aromatic carbocycles. The number of carbonyl (C=O) groups is 2. The maximum absolute atomic E-state index is 11.5. The third-order valence-electron chi connectivity index (χ3n) is 2.78. The van der Waals surface area contributed by atoms with Crippen LogP contribution in [0.3, 0.4) is 0 Å². The van der Waals surface area contributed by atoms with E-state index in [0.717, 1.165) is 11.8 Å². The van der Waals surface area contributed by atoms with Crippen LogP contribution in [0.1, 0.15) is 12.0 Å². The summed E-state index contributed by atoms with van der Waals surface area (Å²) in [4.78, 5) is 22.2. The van der Waals surface area contributed by atoms with Gasteiger partial charge >= 0.3 is 5.97 Å². The van der Waals surface area contributed by atoms with Crippen LogP contribution in [0.4, 0.5) is 0 Å². The zero-order valence-electron chi connectivity index (χ0n) is 11.8. The molecule has 1 saturated heterocycles. The number of carboxylic acid groups (broad SMARTS) is 1. The number of hydrogen-bond acceptors (Lipinski definition) is 7. The van der Waals surface area contributed by atoms with E-state index in [9.17, 15) is 14.7 Å². The highest BCUT2D eigenvalue weighted by atomic mass is 79.9. The van der Waals surface area contributed by atoms with Crippen LogP contribution in [0, 0.1) is 0 Å². The van der Waals surface area contributed by atoms with E-state index in [0.29, 0.717) is 15.8 Å². The summed E-state index contributed by atoms with van der Waals surface area (Å²) in [6, 6.07) is 3.03. The van der Waals surface area contributed by atoms with Crippen LogP contribution in [-0.4, -0.2) is 45.8 Å². The molecular weight excluding hydrogens is 390 g/mol. The summed E-state index contributed by atoms with van der Waals surface area (Å²) >= 11 is 4.24. The Morgan fingerprint density at radius 2 is 2.30 bits per heavy atom. The molecule has 0 spiro atoms. The quantitative estimate of drug-likeness (QED) is 0.508. The van der Waals surface area contributed by atoms with Gasteiger partial charge in [-0.3, -0.25) is 9.59 Å². The molecule has 10 heteroatoms. The minimum atomic E-state index is -1.06. The third-order valence-corrected chi connectivity index (χ3v) is 4.47. The summed E-state index contributed by atoms with van der Waals surface area (Å²) in [7, 11) is 1.49. The molecule has 1 unspecified atom stereocenters. The van der Waals surface area contributed by atoms with E-state index >= 15 is 0 Å². The first-order chi connectivity index (χ1) is 10.9. The summed E-state index contributed by atoms with van der Waals surface area (Å²) in [6.45, 7) is 0. The van der Waals surface area contributed by atoms with Gasteiger partial charge in [-0.2, -0.15) is 5.10 Å². The van der Waals surface area contributed by atoms with Crippen LogP contribution >= 0.6 is 27.7 Å². The van der Waals surface area contributed by atoms with E-state index in [4.69, 9.17) is 9.84 Å². The molecule has 1 fully saturated rings. The van der Waals surface area contributed by atoms with Crippen molar-refractivity contribution in [3.63, 3.8) is 0 Å². The van der Waals surface area contributed by atoms with Gasteiger partial charge in [0, 0.05) is 5.56 Å². The number of ether oxygens (including phenoxy) is 1. The molecule has 23 heavy (non-hydrogen) atoms. The van der Waals surface area contributed by atoms with Gasteiger partial charge < -0.3 is 20.3 Å². The number of amidine groups is 1. The fourth-order valence-corrected chi connectivity index (χ4v) is 3.12. The molecule has 3 N–H and O–H groups in total. The fraction of sp³-hybridized carbons (Fsp3) is 0.231.